The van der Waals surface area contributed by atoms with Crippen molar-refractivity contribution in [2.24, 2.45) is 0 Å². The molecule has 0 spiro atoms. The number of likely N-dealkylation sites (N-methyl/N-ethyl adjacent to an activating group) is 1. The second kappa shape index (κ2) is 6.39. The molecule has 0 fully saturated rings. The maximum absolute atomic E-state index is 13.1. The van der Waals surface area contributed by atoms with E-state index in [1.54, 1.807) is 24.1 Å². The van der Waals surface area contributed by atoms with Crippen LogP contribution in [0.15, 0.2) is 48.5 Å². The summed E-state index contributed by atoms with van der Waals surface area (Å²) in [6.45, 7) is 0. The highest BCUT2D eigenvalue weighted by Crippen LogP contribution is 2.19. The predicted octanol–water partition coefficient (Wildman–Crippen LogP) is 3.10. The van der Waals surface area contributed by atoms with Crippen molar-refractivity contribution in [1.29, 1.82) is 0 Å². The van der Waals surface area contributed by atoms with Crippen molar-refractivity contribution in [3.8, 4) is 0 Å². The maximum Gasteiger partial charge on any atom is 0.231 e. The van der Waals surface area contributed by atoms with E-state index in [1.807, 2.05) is 43.3 Å². The zero-order valence-corrected chi connectivity index (χ0v) is 12.5. The van der Waals surface area contributed by atoms with Gasteiger partial charge in [-0.15, -0.1) is 0 Å². The van der Waals surface area contributed by atoms with E-state index in [-0.39, 0.29) is 18.1 Å². The van der Waals surface area contributed by atoms with Crippen LogP contribution in [-0.2, 0) is 11.2 Å². The first-order valence-corrected chi connectivity index (χ1v) is 6.76. The fourth-order valence-electron chi connectivity index (χ4n) is 2.06. The van der Waals surface area contributed by atoms with Crippen LogP contribution in [0.2, 0.25) is 0 Å². The van der Waals surface area contributed by atoms with E-state index in [0.29, 0.717) is 5.56 Å². The third kappa shape index (κ3) is 3.81. The van der Waals surface area contributed by atoms with Gasteiger partial charge in [-0.1, -0.05) is 12.1 Å². The van der Waals surface area contributed by atoms with Crippen LogP contribution in [0.3, 0.4) is 0 Å². The molecular weight excluding hydrogens is 267 g/mol. The number of halogens is 1. The lowest BCUT2D eigenvalue weighted by Crippen LogP contribution is -2.27. The number of amides is 1. The summed E-state index contributed by atoms with van der Waals surface area (Å²) in [6.07, 6.45) is 0.184. The summed E-state index contributed by atoms with van der Waals surface area (Å²) < 4.78 is 13.1. The minimum atomic E-state index is -0.321. The molecule has 0 atom stereocenters. The highest BCUT2D eigenvalue weighted by molar-refractivity contribution is 5.94. The van der Waals surface area contributed by atoms with Crippen LogP contribution in [0, 0.1) is 5.82 Å². The molecule has 0 unspecified atom stereocenters. The molecule has 3 nitrogen and oxygen atoms in total. The van der Waals surface area contributed by atoms with Gasteiger partial charge in [-0.25, -0.2) is 4.39 Å². The second-order valence-electron chi connectivity index (χ2n) is 5.17. The molecule has 0 N–H and O–H groups in total. The fraction of sp³-hybridized carbons (Fsp3) is 0.235. The van der Waals surface area contributed by atoms with Gasteiger partial charge in [0.2, 0.25) is 5.91 Å². The van der Waals surface area contributed by atoms with Crippen LogP contribution >= 0.6 is 0 Å². The molecule has 0 saturated heterocycles. The van der Waals surface area contributed by atoms with Crippen molar-refractivity contribution in [2.45, 2.75) is 6.42 Å². The molecule has 1 amide bonds. The maximum atomic E-state index is 13.1. The normalized spacial score (nSPS) is 10.3. The van der Waals surface area contributed by atoms with Crippen molar-refractivity contribution in [3.05, 3.63) is 59.9 Å². The first-order valence-electron chi connectivity index (χ1n) is 6.76. The molecule has 0 aliphatic carbocycles. The summed E-state index contributed by atoms with van der Waals surface area (Å²) in [5, 5.41) is 0. The number of hydrogen-bond acceptors (Lipinski definition) is 2. The lowest BCUT2D eigenvalue weighted by Gasteiger charge is -2.19. The number of hydrogen-bond donors (Lipinski definition) is 0. The van der Waals surface area contributed by atoms with Crippen LogP contribution in [0.1, 0.15) is 5.56 Å². The monoisotopic (exact) mass is 286 g/mol. The largest absolute Gasteiger partial charge is 0.378 e. The Morgan fingerprint density at radius 1 is 1.00 bits per heavy atom. The van der Waals surface area contributed by atoms with Gasteiger partial charge < -0.3 is 9.80 Å². The zero-order valence-electron chi connectivity index (χ0n) is 12.5. The lowest BCUT2D eigenvalue weighted by molar-refractivity contribution is -0.117. The van der Waals surface area contributed by atoms with Gasteiger partial charge in [0.1, 0.15) is 5.82 Å². The smallest absolute Gasteiger partial charge is 0.231 e. The standard InChI is InChI=1S/C17H19FN2O/c1-19(2)15-7-9-16(10-8-15)20(3)17(21)12-13-5-4-6-14(18)11-13/h4-11H,12H2,1-3H3. The van der Waals surface area contributed by atoms with E-state index < -0.39 is 0 Å². The first-order chi connectivity index (χ1) is 9.97. The van der Waals surface area contributed by atoms with E-state index in [9.17, 15) is 9.18 Å². The Kier molecular flexibility index (Phi) is 4.58. The van der Waals surface area contributed by atoms with Crippen molar-refractivity contribution < 1.29 is 9.18 Å². The van der Waals surface area contributed by atoms with Crippen LogP contribution in [0.4, 0.5) is 15.8 Å². The quantitative estimate of drug-likeness (QED) is 0.862. The second-order valence-corrected chi connectivity index (χ2v) is 5.17. The van der Waals surface area contributed by atoms with Gasteiger partial charge in [0.15, 0.2) is 0 Å². The Bertz CT molecular complexity index is 623. The third-order valence-corrected chi connectivity index (χ3v) is 3.37. The topological polar surface area (TPSA) is 23.6 Å². The van der Waals surface area contributed by atoms with Crippen LogP contribution < -0.4 is 9.80 Å². The summed E-state index contributed by atoms with van der Waals surface area (Å²) in [5.74, 6) is -0.392. The average molecular weight is 286 g/mol. The van der Waals surface area contributed by atoms with E-state index in [1.165, 1.54) is 12.1 Å². The van der Waals surface area contributed by atoms with Crippen molar-refractivity contribution in [3.63, 3.8) is 0 Å². The van der Waals surface area contributed by atoms with Gasteiger partial charge in [0.25, 0.3) is 0 Å². The van der Waals surface area contributed by atoms with E-state index in [4.69, 9.17) is 0 Å². The van der Waals surface area contributed by atoms with Crippen LogP contribution in [0.5, 0.6) is 0 Å². The molecule has 2 rings (SSSR count). The number of benzene rings is 2. The summed E-state index contributed by atoms with van der Waals surface area (Å²) in [4.78, 5) is 15.8. The van der Waals surface area contributed by atoms with Gasteiger partial charge >= 0.3 is 0 Å². The molecule has 2 aromatic rings. The van der Waals surface area contributed by atoms with Gasteiger partial charge in [0, 0.05) is 32.5 Å². The summed E-state index contributed by atoms with van der Waals surface area (Å²) in [6, 6.07) is 13.9. The number of nitrogens with zero attached hydrogens (tertiary/aromatic N) is 2. The molecule has 110 valence electrons. The third-order valence-electron chi connectivity index (χ3n) is 3.37. The minimum absolute atomic E-state index is 0.0711. The summed E-state index contributed by atoms with van der Waals surface area (Å²) in [7, 11) is 5.66. The highest BCUT2D eigenvalue weighted by Gasteiger charge is 2.12. The van der Waals surface area contributed by atoms with Gasteiger partial charge in [-0.05, 0) is 42.0 Å². The molecule has 0 saturated carbocycles. The van der Waals surface area contributed by atoms with E-state index in [2.05, 4.69) is 0 Å². The van der Waals surface area contributed by atoms with Gasteiger partial charge in [0.05, 0.1) is 6.42 Å². The number of carbonyl (C=O) groups excluding carboxylic acids is 1. The minimum Gasteiger partial charge on any atom is -0.378 e. The molecule has 21 heavy (non-hydrogen) atoms. The molecular formula is C17H19FN2O. The van der Waals surface area contributed by atoms with Crippen LogP contribution in [-0.4, -0.2) is 27.1 Å². The molecule has 0 aromatic heterocycles. The van der Waals surface area contributed by atoms with Crippen LogP contribution in [0.25, 0.3) is 0 Å². The fourth-order valence-corrected chi connectivity index (χ4v) is 2.06. The van der Waals surface area contributed by atoms with Gasteiger partial charge in [-0.2, -0.15) is 0 Å². The molecule has 4 heteroatoms. The molecule has 0 aliphatic heterocycles. The van der Waals surface area contributed by atoms with Crippen molar-refractivity contribution in [2.75, 3.05) is 30.9 Å². The zero-order chi connectivity index (χ0) is 15.4. The van der Waals surface area contributed by atoms with E-state index >= 15 is 0 Å². The Hall–Kier alpha value is -2.36. The predicted molar refractivity (Wildman–Crippen MR) is 84.3 cm³/mol. The molecule has 0 radical (unpaired) electrons. The van der Waals surface area contributed by atoms with Crippen molar-refractivity contribution >= 4 is 17.3 Å². The molecule has 2 aromatic carbocycles. The summed E-state index contributed by atoms with van der Waals surface area (Å²) in [5.41, 5.74) is 2.57. The number of carbonyl (C=O) groups is 1. The van der Waals surface area contributed by atoms with Gasteiger partial charge in [-0.3, -0.25) is 4.79 Å². The highest BCUT2D eigenvalue weighted by atomic mass is 19.1. The van der Waals surface area contributed by atoms with E-state index in [0.717, 1.165) is 11.4 Å². The molecule has 0 aliphatic rings. The Balaban J connectivity index is 2.08. The number of rotatable bonds is 4. The average Bonchev–Trinajstić information content (AvgIpc) is 2.46. The lowest BCUT2D eigenvalue weighted by atomic mass is 10.1. The molecule has 0 bridgehead atoms. The first kappa shape index (κ1) is 15.0. The Morgan fingerprint density at radius 2 is 1.62 bits per heavy atom. The number of anilines is 2. The Labute approximate surface area is 124 Å². The summed E-state index contributed by atoms with van der Waals surface area (Å²) >= 11 is 0. The molecule has 0 heterocycles. The Morgan fingerprint density at radius 3 is 2.19 bits per heavy atom. The van der Waals surface area contributed by atoms with Crippen molar-refractivity contribution in [1.82, 2.24) is 0 Å². The SMILES string of the molecule is CN(C)c1ccc(N(C)C(=O)Cc2cccc(F)c2)cc1.